The van der Waals surface area contributed by atoms with Crippen molar-refractivity contribution in [2.24, 2.45) is 0 Å². The van der Waals surface area contributed by atoms with Crippen LogP contribution in [0.2, 0.25) is 0 Å². The first-order chi connectivity index (χ1) is 10.6. The fourth-order valence-corrected chi connectivity index (χ4v) is 3.80. The van der Waals surface area contributed by atoms with Gasteiger partial charge < -0.3 is 0 Å². The maximum absolute atomic E-state index is 2.30. The van der Waals surface area contributed by atoms with Gasteiger partial charge in [0.15, 0.2) is 0 Å². The molecule has 1 aliphatic carbocycles. The molecule has 0 saturated carbocycles. The topological polar surface area (TPSA) is 0 Å². The molecule has 0 radical (unpaired) electrons. The van der Waals surface area contributed by atoms with E-state index in [0.717, 1.165) is 6.42 Å². The van der Waals surface area contributed by atoms with E-state index < -0.39 is 0 Å². The summed E-state index contributed by atoms with van der Waals surface area (Å²) in [5.74, 6) is 0. The van der Waals surface area contributed by atoms with Crippen LogP contribution in [0.1, 0.15) is 27.8 Å². The molecule has 0 aliphatic heterocycles. The first-order valence-corrected chi connectivity index (χ1v) is 7.93. The largest absolute Gasteiger partial charge is 0.0614 e. The van der Waals surface area contributed by atoms with E-state index in [0.29, 0.717) is 0 Å². The van der Waals surface area contributed by atoms with E-state index in [1.165, 1.54) is 50.1 Å². The lowest BCUT2D eigenvalue weighted by Gasteiger charge is -2.12. The van der Waals surface area contributed by atoms with Gasteiger partial charge in [-0.25, -0.2) is 0 Å². The van der Waals surface area contributed by atoms with Crippen LogP contribution in [0, 0.1) is 20.8 Å². The molecule has 0 saturated heterocycles. The predicted octanol–water partition coefficient (Wildman–Crippen LogP) is 5.85. The molecule has 0 nitrogen and oxygen atoms in total. The second-order valence-electron chi connectivity index (χ2n) is 6.49. The molecule has 3 aromatic carbocycles. The van der Waals surface area contributed by atoms with Gasteiger partial charge in [0.05, 0.1) is 0 Å². The van der Waals surface area contributed by atoms with Crippen LogP contribution >= 0.6 is 0 Å². The van der Waals surface area contributed by atoms with Gasteiger partial charge in [0.25, 0.3) is 0 Å². The zero-order valence-electron chi connectivity index (χ0n) is 13.4. The lowest BCUT2D eigenvalue weighted by atomic mass is 9.92. The number of benzene rings is 3. The van der Waals surface area contributed by atoms with E-state index in [1.807, 2.05) is 0 Å². The molecule has 0 fully saturated rings. The summed E-state index contributed by atoms with van der Waals surface area (Å²) in [5, 5.41) is 0. The van der Waals surface area contributed by atoms with Gasteiger partial charge in [-0.15, -0.1) is 0 Å². The molecule has 4 rings (SSSR count). The van der Waals surface area contributed by atoms with E-state index in [1.54, 1.807) is 0 Å². The highest BCUT2D eigenvalue weighted by Crippen LogP contribution is 2.44. The Morgan fingerprint density at radius 2 is 1.41 bits per heavy atom. The minimum atomic E-state index is 1.07. The molecule has 0 amide bonds. The Kier molecular flexibility index (Phi) is 2.94. The second kappa shape index (κ2) is 4.84. The summed E-state index contributed by atoms with van der Waals surface area (Å²) < 4.78 is 0. The number of hydrogen-bond donors (Lipinski definition) is 0. The molecule has 0 unspecified atom stereocenters. The smallest absolute Gasteiger partial charge is 0.00106 e. The quantitative estimate of drug-likeness (QED) is 0.411. The van der Waals surface area contributed by atoms with Crippen LogP contribution in [0.3, 0.4) is 0 Å². The standard InChI is InChI=1S/C22H20/c1-14-10-15(2)12-18(11-14)19-8-5-7-17-13-21-16(3)6-4-9-20(21)22(17)19/h4-12H,13H2,1-3H3. The van der Waals surface area contributed by atoms with Crippen molar-refractivity contribution in [3.05, 3.63) is 82.4 Å². The van der Waals surface area contributed by atoms with Crippen molar-refractivity contribution < 1.29 is 0 Å². The Bertz CT molecular complexity index is 864. The Hall–Kier alpha value is -2.34. The summed E-state index contributed by atoms with van der Waals surface area (Å²) in [4.78, 5) is 0. The summed E-state index contributed by atoms with van der Waals surface area (Å²) >= 11 is 0. The molecule has 0 bridgehead atoms. The molecule has 108 valence electrons. The first kappa shape index (κ1) is 13.3. The Labute approximate surface area is 132 Å². The number of hydrogen-bond acceptors (Lipinski definition) is 0. The van der Waals surface area contributed by atoms with E-state index >= 15 is 0 Å². The van der Waals surface area contributed by atoms with Gasteiger partial charge in [0, 0.05) is 0 Å². The summed E-state index contributed by atoms with van der Waals surface area (Å²) in [5.41, 5.74) is 12.6. The van der Waals surface area contributed by atoms with Crippen molar-refractivity contribution in [1.82, 2.24) is 0 Å². The molecule has 3 aromatic rings. The average molecular weight is 284 g/mol. The highest BCUT2D eigenvalue weighted by molar-refractivity contribution is 5.91. The molecular formula is C22H20. The van der Waals surface area contributed by atoms with E-state index in [-0.39, 0.29) is 0 Å². The van der Waals surface area contributed by atoms with Crippen LogP contribution in [0.4, 0.5) is 0 Å². The minimum absolute atomic E-state index is 1.07. The first-order valence-electron chi connectivity index (χ1n) is 7.93. The molecule has 0 heterocycles. The Morgan fingerprint density at radius 1 is 0.727 bits per heavy atom. The number of rotatable bonds is 1. The van der Waals surface area contributed by atoms with E-state index in [4.69, 9.17) is 0 Å². The molecule has 22 heavy (non-hydrogen) atoms. The molecule has 0 heteroatoms. The molecule has 0 atom stereocenters. The fraction of sp³-hybridized carbons (Fsp3) is 0.182. The van der Waals surface area contributed by atoms with E-state index in [2.05, 4.69) is 75.4 Å². The second-order valence-corrected chi connectivity index (χ2v) is 6.49. The molecule has 1 aliphatic rings. The van der Waals surface area contributed by atoms with Crippen LogP contribution in [-0.2, 0) is 6.42 Å². The van der Waals surface area contributed by atoms with Crippen molar-refractivity contribution in [1.29, 1.82) is 0 Å². The lowest BCUT2D eigenvalue weighted by molar-refractivity contribution is 1.22. The molecule has 0 spiro atoms. The van der Waals surface area contributed by atoms with Crippen molar-refractivity contribution in [3.8, 4) is 22.3 Å². The normalized spacial score (nSPS) is 12.1. The maximum Gasteiger partial charge on any atom is -0.00106 e. The Morgan fingerprint density at radius 3 is 2.18 bits per heavy atom. The summed E-state index contributed by atoms with van der Waals surface area (Å²) in [6, 6.07) is 20.3. The van der Waals surface area contributed by atoms with Crippen LogP contribution < -0.4 is 0 Å². The van der Waals surface area contributed by atoms with Gasteiger partial charge in [-0.2, -0.15) is 0 Å². The molecular weight excluding hydrogens is 264 g/mol. The predicted molar refractivity (Wildman–Crippen MR) is 94.3 cm³/mol. The van der Waals surface area contributed by atoms with Gasteiger partial charge in [0.2, 0.25) is 0 Å². The van der Waals surface area contributed by atoms with Gasteiger partial charge in [-0.1, -0.05) is 65.7 Å². The van der Waals surface area contributed by atoms with Gasteiger partial charge in [-0.3, -0.25) is 0 Å². The third-order valence-electron chi connectivity index (χ3n) is 4.73. The van der Waals surface area contributed by atoms with Gasteiger partial charge in [0.1, 0.15) is 0 Å². The van der Waals surface area contributed by atoms with Crippen LogP contribution in [0.25, 0.3) is 22.3 Å². The third kappa shape index (κ3) is 1.99. The third-order valence-corrected chi connectivity index (χ3v) is 4.73. The molecule has 0 N–H and O–H groups in total. The van der Waals surface area contributed by atoms with E-state index in [9.17, 15) is 0 Å². The average Bonchev–Trinajstić information content (AvgIpc) is 2.86. The monoisotopic (exact) mass is 284 g/mol. The summed E-state index contributed by atoms with van der Waals surface area (Å²) in [6.45, 7) is 6.58. The van der Waals surface area contributed by atoms with Gasteiger partial charge in [-0.05, 0) is 66.1 Å². The van der Waals surface area contributed by atoms with Crippen LogP contribution in [0.15, 0.2) is 54.6 Å². The minimum Gasteiger partial charge on any atom is -0.0614 e. The number of fused-ring (bicyclic) bond motifs is 3. The summed E-state index contributed by atoms with van der Waals surface area (Å²) in [6.07, 6.45) is 1.07. The zero-order chi connectivity index (χ0) is 15.3. The van der Waals surface area contributed by atoms with Gasteiger partial charge >= 0.3 is 0 Å². The highest BCUT2D eigenvalue weighted by atomic mass is 14.3. The van der Waals surface area contributed by atoms with Crippen molar-refractivity contribution in [3.63, 3.8) is 0 Å². The Balaban J connectivity index is 2.00. The van der Waals surface area contributed by atoms with Crippen LogP contribution in [-0.4, -0.2) is 0 Å². The van der Waals surface area contributed by atoms with Crippen molar-refractivity contribution in [2.75, 3.05) is 0 Å². The number of aryl methyl sites for hydroxylation is 3. The lowest BCUT2D eigenvalue weighted by Crippen LogP contribution is -1.88. The molecule has 0 aromatic heterocycles. The zero-order valence-corrected chi connectivity index (χ0v) is 13.4. The highest BCUT2D eigenvalue weighted by Gasteiger charge is 2.22. The fourth-order valence-electron chi connectivity index (χ4n) is 3.80. The SMILES string of the molecule is Cc1cc(C)cc(-c2cccc3c2-c2cccc(C)c2C3)c1. The maximum atomic E-state index is 2.30. The summed E-state index contributed by atoms with van der Waals surface area (Å²) in [7, 11) is 0. The van der Waals surface area contributed by atoms with Crippen molar-refractivity contribution in [2.45, 2.75) is 27.2 Å². The van der Waals surface area contributed by atoms with Crippen LogP contribution in [0.5, 0.6) is 0 Å². The van der Waals surface area contributed by atoms with Crippen molar-refractivity contribution >= 4 is 0 Å².